The van der Waals surface area contributed by atoms with Gasteiger partial charge in [0.05, 0.1) is 18.8 Å². The molecule has 0 aliphatic carbocycles. The molecule has 0 saturated carbocycles. The Kier molecular flexibility index (Phi) is 34.3. The summed E-state index contributed by atoms with van der Waals surface area (Å²) in [4.78, 5) is 42.8. The molecular weight excluding hydrogens is 707 g/mol. The summed E-state index contributed by atoms with van der Waals surface area (Å²) < 4.78 is 26.1. The summed E-state index contributed by atoms with van der Waals surface area (Å²) in [6.07, 6.45) is 44.2. The molecule has 0 rings (SSSR count). The molecule has 0 aromatic rings. The Morgan fingerprint density at radius 1 is 0.556 bits per heavy atom. The van der Waals surface area contributed by atoms with E-state index in [1.54, 1.807) is 6.08 Å². The Morgan fingerprint density at radius 3 is 1.44 bits per heavy atom. The average molecular weight is 775 g/mol. The maximum atomic E-state index is 12.4. The molecule has 54 heavy (non-hydrogen) atoms. The highest BCUT2D eigenvalue weighted by molar-refractivity contribution is 7.46. The number of carbonyl (C=O) groups is 2. The monoisotopic (exact) mass is 774 g/mol. The number of rotatable bonds is 33. The van der Waals surface area contributed by atoms with Crippen molar-refractivity contribution < 1.29 is 48.2 Å². The summed E-state index contributed by atoms with van der Waals surface area (Å²) in [5, 5.41) is 20.5. The molecule has 0 heterocycles. The molecule has 0 aliphatic rings. The van der Waals surface area contributed by atoms with Gasteiger partial charge in [0.2, 0.25) is 0 Å². The van der Waals surface area contributed by atoms with Crippen molar-refractivity contribution in [2.75, 3.05) is 13.2 Å². The predicted molar refractivity (Wildman–Crippen MR) is 218 cm³/mol. The van der Waals surface area contributed by atoms with Gasteiger partial charge in [0.1, 0.15) is 6.61 Å². The number of phosphoric ester groups is 1. The molecule has 11 heteroatoms. The minimum atomic E-state index is -4.86. The number of allylic oxidation sites excluding steroid dienone is 17. The Balaban J connectivity index is 4.34. The third-order valence-corrected chi connectivity index (χ3v) is 7.97. The number of hydrogen-bond acceptors (Lipinski definition) is 8. The second-order valence-electron chi connectivity index (χ2n) is 12.4. The molecule has 0 aromatic heterocycles. The van der Waals surface area contributed by atoms with Gasteiger partial charge >= 0.3 is 19.8 Å². The molecule has 3 atom stereocenters. The van der Waals surface area contributed by atoms with E-state index in [0.29, 0.717) is 19.3 Å². The number of phosphoric acid groups is 1. The van der Waals surface area contributed by atoms with E-state index in [2.05, 4.69) is 97.4 Å². The van der Waals surface area contributed by atoms with Gasteiger partial charge in [0.25, 0.3) is 0 Å². The zero-order valence-electron chi connectivity index (χ0n) is 32.5. The second-order valence-corrected chi connectivity index (χ2v) is 13.7. The van der Waals surface area contributed by atoms with Crippen LogP contribution in [0.1, 0.15) is 117 Å². The number of unbranched alkanes of at least 4 members (excludes halogenated alkanes) is 1. The molecule has 10 nitrogen and oxygen atoms in total. The highest BCUT2D eigenvalue weighted by Crippen LogP contribution is 2.36. The van der Waals surface area contributed by atoms with E-state index in [-0.39, 0.29) is 32.1 Å². The third kappa shape index (κ3) is 37.0. The van der Waals surface area contributed by atoms with E-state index in [1.807, 2.05) is 24.3 Å². The number of aliphatic hydroxyl groups is 2. The van der Waals surface area contributed by atoms with Crippen molar-refractivity contribution in [2.24, 2.45) is 0 Å². The fourth-order valence-electron chi connectivity index (χ4n) is 4.55. The van der Waals surface area contributed by atoms with E-state index in [4.69, 9.17) is 19.3 Å². The lowest BCUT2D eigenvalue weighted by atomic mass is 10.0. The van der Waals surface area contributed by atoms with E-state index >= 15 is 0 Å². The normalized spacial score (nSPS) is 14.9. The summed E-state index contributed by atoms with van der Waals surface area (Å²) in [6.45, 7) is 3.13. The highest BCUT2D eigenvalue weighted by atomic mass is 31.2. The van der Waals surface area contributed by atoms with Gasteiger partial charge in [-0.3, -0.25) is 14.1 Å². The van der Waals surface area contributed by atoms with Gasteiger partial charge in [-0.2, -0.15) is 0 Å². The quantitative estimate of drug-likeness (QED) is 0.0219. The molecule has 0 fully saturated rings. The largest absolute Gasteiger partial charge is 0.469 e. The molecular formula is C43H67O10P. The highest BCUT2D eigenvalue weighted by Gasteiger charge is 2.23. The van der Waals surface area contributed by atoms with Crippen LogP contribution >= 0.6 is 7.82 Å². The lowest BCUT2D eigenvalue weighted by Crippen LogP contribution is -2.30. The van der Waals surface area contributed by atoms with Gasteiger partial charge in [-0.05, 0) is 89.9 Å². The molecule has 0 bridgehead atoms. The van der Waals surface area contributed by atoms with Crippen LogP contribution in [-0.2, 0) is 28.2 Å². The molecule has 0 radical (unpaired) electrons. The summed E-state index contributed by atoms with van der Waals surface area (Å²) in [5.41, 5.74) is 0. The Labute approximate surface area is 324 Å². The predicted octanol–water partition coefficient (Wildman–Crippen LogP) is 9.56. The fourth-order valence-corrected chi connectivity index (χ4v) is 4.91. The van der Waals surface area contributed by atoms with Gasteiger partial charge in [0.15, 0.2) is 6.10 Å². The van der Waals surface area contributed by atoms with E-state index in [9.17, 15) is 24.4 Å². The van der Waals surface area contributed by atoms with Gasteiger partial charge in [-0.1, -0.05) is 123 Å². The minimum Gasteiger partial charge on any atom is -0.462 e. The Morgan fingerprint density at radius 2 is 0.981 bits per heavy atom. The van der Waals surface area contributed by atoms with Crippen LogP contribution in [0.5, 0.6) is 0 Å². The third-order valence-electron chi connectivity index (χ3n) is 7.49. The molecule has 0 saturated heterocycles. The van der Waals surface area contributed by atoms with E-state index in [0.717, 1.165) is 51.4 Å². The lowest BCUT2D eigenvalue weighted by Gasteiger charge is -2.19. The maximum absolute atomic E-state index is 12.4. The van der Waals surface area contributed by atoms with Crippen LogP contribution in [0.3, 0.4) is 0 Å². The molecule has 0 aliphatic heterocycles. The van der Waals surface area contributed by atoms with Crippen LogP contribution in [0.25, 0.3) is 0 Å². The van der Waals surface area contributed by atoms with Gasteiger partial charge in [0, 0.05) is 12.8 Å². The first-order valence-electron chi connectivity index (χ1n) is 19.3. The van der Waals surface area contributed by atoms with Crippen LogP contribution < -0.4 is 0 Å². The Hall–Kier alpha value is -3.37. The topological polar surface area (TPSA) is 160 Å². The summed E-state index contributed by atoms with van der Waals surface area (Å²) in [5.74, 6) is -1.26. The fraction of sp³-hybridized carbons (Fsp3) is 0.535. The lowest BCUT2D eigenvalue weighted by molar-refractivity contribution is -0.161. The van der Waals surface area contributed by atoms with E-state index < -0.39 is 51.3 Å². The first-order chi connectivity index (χ1) is 26.1. The van der Waals surface area contributed by atoms with Crippen LogP contribution in [0.15, 0.2) is 109 Å². The molecule has 0 unspecified atom stereocenters. The Bertz CT molecular complexity index is 1270. The van der Waals surface area contributed by atoms with Crippen molar-refractivity contribution >= 4 is 19.8 Å². The van der Waals surface area contributed by atoms with Gasteiger partial charge in [-0.25, -0.2) is 4.57 Å². The molecule has 304 valence electrons. The standard InChI is InChI=1S/C43H67O10P/c1-3-5-7-9-11-13-15-17-18-19-20-21-23-25-27-29-31-35-42(46)51-37-39(38-52-54(48,49)50)53-43(47)36-32-34-41(45)40(44)33-30-28-26-24-22-16-14-12-10-8-6-4-2/h5-8,11-14,17-18,20-22,24-25,27-28,30,39-41,44-45H,3-4,9-10,15-16,19,23,26,29,31-38H2,1-2H3,(H2,48,49,50)/b7-5-,8-6-,13-11-,14-12-,18-17-,21-20-,24-22-,27-25-,30-28-/t39-,40-,41-/m1/s1. The summed E-state index contributed by atoms with van der Waals surface area (Å²) in [7, 11) is -4.86. The second kappa shape index (κ2) is 36.6. The molecule has 0 spiro atoms. The molecule has 0 amide bonds. The number of esters is 2. The number of ether oxygens (including phenoxy) is 2. The van der Waals surface area contributed by atoms with Crippen molar-refractivity contribution in [3.05, 3.63) is 109 Å². The average Bonchev–Trinajstić information content (AvgIpc) is 3.13. The van der Waals surface area contributed by atoms with Gasteiger partial charge in [-0.15, -0.1) is 0 Å². The van der Waals surface area contributed by atoms with Crippen LogP contribution in [0.2, 0.25) is 0 Å². The SMILES string of the molecule is CC/C=C\C/C=C\C/C=C\C/C=C\C/C=C\CCCC(=O)OC[C@H](COP(=O)(O)O)OC(=O)CCC[C@@H](O)[C@H](O)C/C=C\C/C=C\C/C=C\C/C=C\CC. The van der Waals surface area contributed by atoms with Crippen LogP contribution in [0, 0.1) is 0 Å². The van der Waals surface area contributed by atoms with Crippen molar-refractivity contribution in [2.45, 2.75) is 135 Å². The zero-order chi connectivity index (χ0) is 40.0. The molecule has 0 aromatic carbocycles. The first kappa shape index (κ1) is 50.6. The number of hydrogen-bond donors (Lipinski definition) is 4. The minimum absolute atomic E-state index is 0.120. The van der Waals surface area contributed by atoms with Gasteiger partial charge < -0.3 is 29.5 Å². The summed E-state index contributed by atoms with van der Waals surface area (Å²) >= 11 is 0. The van der Waals surface area contributed by atoms with Crippen molar-refractivity contribution in [3.63, 3.8) is 0 Å². The maximum Gasteiger partial charge on any atom is 0.469 e. The smallest absolute Gasteiger partial charge is 0.462 e. The van der Waals surface area contributed by atoms with Crippen LogP contribution in [-0.4, -0.2) is 63.5 Å². The van der Waals surface area contributed by atoms with Crippen molar-refractivity contribution in [1.82, 2.24) is 0 Å². The first-order valence-corrected chi connectivity index (χ1v) is 20.9. The van der Waals surface area contributed by atoms with Crippen LogP contribution in [0.4, 0.5) is 0 Å². The number of aliphatic hydroxyl groups excluding tert-OH is 2. The summed E-state index contributed by atoms with van der Waals surface area (Å²) in [6, 6.07) is 0. The van der Waals surface area contributed by atoms with Crippen molar-refractivity contribution in [1.29, 1.82) is 0 Å². The zero-order valence-corrected chi connectivity index (χ0v) is 33.4. The van der Waals surface area contributed by atoms with Crippen molar-refractivity contribution in [3.8, 4) is 0 Å². The number of carbonyl (C=O) groups excluding carboxylic acids is 2. The molecule has 4 N–H and O–H groups in total. The van der Waals surface area contributed by atoms with E-state index in [1.165, 1.54) is 0 Å².